The van der Waals surface area contributed by atoms with Gasteiger partial charge in [0.2, 0.25) is 0 Å². The number of hydrogen-bond donors (Lipinski definition) is 1. The quantitative estimate of drug-likeness (QED) is 0.243. The minimum atomic E-state index is -0.289. The molecule has 0 saturated carbocycles. The molecule has 1 aliphatic rings. The molecule has 8 heteroatoms. The molecule has 0 bridgehead atoms. The second-order valence-electron chi connectivity index (χ2n) is 10.1. The summed E-state index contributed by atoms with van der Waals surface area (Å²) < 4.78 is 7.98. The average Bonchev–Trinajstić information content (AvgIpc) is 3.54. The molecule has 0 unspecified atom stereocenters. The van der Waals surface area contributed by atoms with Crippen molar-refractivity contribution in [3.63, 3.8) is 0 Å². The van der Waals surface area contributed by atoms with E-state index in [1.54, 1.807) is 30.5 Å². The summed E-state index contributed by atoms with van der Waals surface area (Å²) in [6.45, 7) is 0.601. The summed E-state index contributed by atoms with van der Waals surface area (Å²) in [6, 6.07) is 32.3. The van der Waals surface area contributed by atoms with Crippen molar-refractivity contribution >= 4 is 23.1 Å². The van der Waals surface area contributed by atoms with Gasteiger partial charge in [-0.3, -0.25) is 18.9 Å². The lowest BCUT2D eigenvalue weighted by atomic mass is 10.1. The normalized spacial score (nSPS) is 12.6. The van der Waals surface area contributed by atoms with Gasteiger partial charge in [-0.15, -0.1) is 0 Å². The number of rotatable bonds is 7. The summed E-state index contributed by atoms with van der Waals surface area (Å²) in [5, 5.41) is 0. The van der Waals surface area contributed by atoms with Gasteiger partial charge >= 0.3 is 0 Å². The molecule has 6 aromatic rings. The van der Waals surface area contributed by atoms with Gasteiger partial charge in [-0.25, -0.2) is 9.97 Å². The first-order chi connectivity index (χ1) is 20.6. The summed E-state index contributed by atoms with van der Waals surface area (Å²) in [5.41, 5.74) is 12.1. The third-order valence-corrected chi connectivity index (χ3v) is 7.34. The molecule has 4 aromatic carbocycles. The third-order valence-electron chi connectivity index (χ3n) is 7.34. The molecule has 0 atom stereocenters. The van der Waals surface area contributed by atoms with E-state index in [-0.39, 0.29) is 18.4 Å². The predicted molar refractivity (Wildman–Crippen MR) is 160 cm³/mol. The van der Waals surface area contributed by atoms with Crippen LogP contribution >= 0.6 is 0 Å². The van der Waals surface area contributed by atoms with Gasteiger partial charge in [0.05, 0.1) is 17.7 Å². The number of benzene rings is 4. The van der Waals surface area contributed by atoms with E-state index in [1.165, 1.54) is 4.90 Å². The summed E-state index contributed by atoms with van der Waals surface area (Å²) in [5.74, 6) is 1.15. The summed E-state index contributed by atoms with van der Waals surface area (Å²) in [4.78, 5) is 36.5. The molecule has 3 heterocycles. The van der Waals surface area contributed by atoms with Crippen molar-refractivity contribution < 1.29 is 14.3 Å². The first-order valence-electron chi connectivity index (χ1n) is 13.5. The first kappa shape index (κ1) is 25.2. The van der Waals surface area contributed by atoms with E-state index >= 15 is 0 Å². The molecule has 2 aromatic heterocycles. The Bertz CT molecular complexity index is 1950. The van der Waals surface area contributed by atoms with E-state index in [0.717, 1.165) is 22.3 Å². The molecule has 8 nitrogen and oxygen atoms in total. The molecule has 2 N–H and O–H groups in total. The third kappa shape index (κ3) is 4.45. The van der Waals surface area contributed by atoms with E-state index in [0.29, 0.717) is 46.3 Å². The van der Waals surface area contributed by atoms with Crippen LogP contribution in [0.4, 0.5) is 5.82 Å². The number of imidazole rings is 1. The van der Waals surface area contributed by atoms with E-state index in [1.807, 2.05) is 89.5 Å². The van der Waals surface area contributed by atoms with Crippen LogP contribution in [0.3, 0.4) is 0 Å². The summed E-state index contributed by atoms with van der Waals surface area (Å²) in [6.07, 6.45) is 3.46. The van der Waals surface area contributed by atoms with Crippen molar-refractivity contribution in [2.45, 2.75) is 13.2 Å². The molecule has 204 valence electrons. The molecule has 0 aliphatic carbocycles. The van der Waals surface area contributed by atoms with Crippen LogP contribution in [-0.4, -0.2) is 31.1 Å². The number of carbonyl (C=O) groups is 2. The number of anilines is 1. The Morgan fingerprint density at radius 2 is 1.43 bits per heavy atom. The van der Waals surface area contributed by atoms with Crippen LogP contribution in [0.2, 0.25) is 0 Å². The Morgan fingerprint density at radius 1 is 0.738 bits per heavy atom. The van der Waals surface area contributed by atoms with Crippen molar-refractivity contribution in [1.29, 1.82) is 0 Å². The highest BCUT2D eigenvalue weighted by molar-refractivity contribution is 6.21. The maximum atomic E-state index is 13.0. The average molecular weight is 552 g/mol. The molecule has 7 rings (SSSR count). The molecule has 2 amide bonds. The number of nitrogens with two attached hydrogens (primary N) is 1. The lowest BCUT2D eigenvalue weighted by molar-refractivity contribution is 0.0642. The standard InChI is InChI=1S/C34H25N5O3/c35-31-30-29(24-11-7-13-26(19-24)42-21-22-8-2-1-3-9-22)37-32(38(30)17-16-36-31)25-12-6-10-23(18-25)20-39-33(40)27-14-4-5-15-28(27)34(39)41/h1-19H,20-21H2,(H2,35,36). The highest BCUT2D eigenvalue weighted by atomic mass is 16.5. The Hall–Kier alpha value is -5.76. The molecular formula is C34H25N5O3. The highest BCUT2D eigenvalue weighted by Gasteiger charge is 2.35. The Labute approximate surface area is 241 Å². The zero-order valence-electron chi connectivity index (χ0n) is 22.5. The number of nitrogen functional groups attached to an aromatic ring is 1. The first-order valence-corrected chi connectivity index (χ1v) is 13.5. The zero-order valence-corrected chi connectivity index (χ0v) is 22.5. The molecule has 0 spiro atoms. The number of nitrogens with zero attached hydrogens (tertiary/aromatic N) is 4. The molecule has 1 aliphatic heterocycles. The van der Waals surface area contributed by atoms with Gasteiger partial charge in [0.1, 0.15) is 35.2 Å². The van der Waals surface area contributed by atoms with Crippen LogP contribution in [0.5, 0.6) is 5.75 Å². The van der Waals surface area contributed by atoms with Crippen molar-refractivity contribution in [3.8, 4) is 28.4 Å². The fraction of sp³-hybridized carbons (Fsp3) is 0.0588. The van der Waals surface area contributed by atoms with Gasteiger partial charge < -0.3 is 10.5 Å². The number of hydrogen-bond acceptors (Lipinski definition) is 6. The van der Waals surface area contributed by atoms with Gasteiger partial charge in [0.25, 0.3) is 11.8 Å². The second-order valence-corrected chi connectivity index (χ2v) is 10.1. The smallest absolute Gasteiger partial charge is 0.261 e. The molecule has 0 fully saturated rings. The van der Waals surface area contributed by atoms with Crippen molar-refractivity contribution in [1.82, 2.24) is 19.3 Å². The Morgan fingerprint density at radius 3 is 2.21 bits per heavy atom. The van der Waals surface area contributed by atoms with Crippen molar-refractivity contribution in [2.75, 3.05) is 5.73 Å². The fourth-order valence-electron chi connectivity index (χ4n) is 5.32. The van der Waals surface area contributed by atoms with E-state index < -0.39 is 0 Å². The maximum absolute atomic E-state index is 13.0. The molecule has 42 heavy (non-hydrogen) atoms. The van der Waals surface area contributed by atoms with Crippen LogP contribution in [0.25, 0.3) is 28.2 Å². The van der Waals surface area contributed by atoms with E-state index in [2.05, 4.69) is 4.98 Å². The van der Waals surface area contributed by atoms with Crippen LogP contribution in [0.1, 0.15) is 31.8 Å². The maximum Gasteiger partial charge on any atom is 0.261 e. The number of carbonyl (C=O) groups excluding carboxylic acids is 2. The monoisotopic (exact) mass is 551 g/mol. The fourth-order valence-corrected chi connectivity index (χ4v) is 5.32. The Balaban J connectivity index is 1.23. The largest absolute Gasteiger partial charge is 0.489 e. The van der Waals surface area contributed by atoms with Gasteiger partial charge in [-0.05, 0) is 41.5 Å². The molecule has 0 radical (unpaired) electrons. The van der Waals surface area contributed by atoms with E-state index in [4.69, 9.17) is 15.5 Å². The van der Waals surface area contributed by atoms with E-state index in [9.17, 15) is 9.59 Å². The number of aromatic nitrogens is 3. The van der Waals surface area contributed by atoms with Crippen LogP contribution in [-0.2, 0) is 13.2 Å². The van der Waals surface area contributed by atoms with Gasteiger partial charge in [0.15, 0.2) is 0 Å². The topological polar surface area (TPSA) is 103 Å². The minimum Gasteiger partial charge on any atom is -0.489 e. The number of amides is 2. The number of fused-ring (bicyclic) bond motifs is 2. The van der Waals surface area contributed by atoms with Crippen LogP contribution in [0, 0.1) is 0 Å². The number of imide groups is 1. The predicted octanol–water partition coefficient (Wildman–Crippen LogP) is 6.02. The second kappa shape index (κ2) is 10.3. The summed E-state index contributed by atoms with van der Waals surface area (Å²) in [7, 11) is 0. The minimum absolute atomic E-state index is 0.154. The summed E-state index contributed by atoms with van der Waals surface area (Å²) >= 11 is 0. The Kier molecular flexibility index (Phi) is 6.20. The lowest BCUT2D eigenvalue weighted by Gasteiger charge is -2.14. The van der Waals surface area contributed by atoms with Gasteiger partial charge in [-0.1, -0.05) is 72.8 Å². The molecular weight excluding hydrogens is 526 g/mol. The zero-order chi connectivity index (χ0) is 28.6. The van der Waals surface area contributed by atoms with Gasteiger partial charge in [0, 0.05) is 23.5 Å². The van der Waals surface area contributed by atoms with Crippen LogP contribution < -0.4 is 10.5 Å². The molecule has 0 saturated heterocycles. The van der Waals surface area contributed by atoms with Gasteiger partial charge in [-0.2, -0.15) is 0 Å². The SMILES string of the molecule is Nc1nccn2c(-c3cccc(CN4C(=O)c5ccccc5C4=O)c3)nc(-c3cccc(OCc4ccccc4)c3)c12. The van der Waals surface area contributed by atoms with Crippen molar-refractivity contribution in [2.24, 2.45) is 0 Å². The van der Waals surface area contributed by atoms with Crippen molar-refractivity contribution in [3.05, 3.63) is 138 Å². The van der Waals surface area contributed by atoms with Crippen LogP contribution in [0.15, 0.2) is 116 Å². The highest BCUT2D eigenvalue weighted by Crippen LogP contribution is 2.34. The number of ether oxygens (including phenoxy) is 1. The lowest BCUT2D eigenvalue weighted by Crippen LogP contribution is -2.29.